The fourth-order valence-electron chi connectivity index (χ4n) is 3.03. The van der Waals surface area contributed by atoms with Gasteiger partial charge >= 0.3 is 11.9 Å². The fourth-order valence-corrected chi connectivity index (χ4v) is 3.03. The van der Waals surface area contributed by atoms with E-state index in [0.29, 0.717) is 26.0 Å². The molecule has 0 amide bonds. The van der Waals surface area contributed by atoms with Crippen molar-refractivity contribution >= 4 is 11.9 Å². The number of benzene rings is 1. The summed E-state index contributed by atoms with van der Waals surface area (Å²) >= 11 is 0. The molecule has 2 unspecified atom stereocenters. The summed E-state index contributed by atoms with van der Waals surface area (Å²) < 4.78 is 5.16. The van der Waals surface area contributed by atoms with Crippen LogP contribution in [0, 0.1) is 0 Å². The number of aliphatic carboxylic acids is 1. The summed E-state index contributed by atoms with van der Waals surface area (Å²) in [6.45, 7) is 2.71. The number of ether oxygens (including phenoxy) is 1. The summed E-state index contributed by atoms with van der Waals surface area (Å²) in [6.07, 6.45) is 2.70. The lowest BCUT2D eigenvalue weighted by Gasteiger charge is -2.29. The van der Waals surface area contributed by atoms with Crippen molar-refractivity contribution in [3.05, 3.63) is 35.9 Å². The highest BCUT2D eigenvalue weighted by atomic mass is 16.5. The molecular weight excluding hydrogens is 282 g/mol. The van der Waals surface area contributed by atoms with Crippen molar-refractivity contribution in [2.75, 3.05) is 13.2 Å². The van der Waals surface area contributed by atoms with E-state index in [-0.39, 0.29) is 5.97 Å². The van der Waals surface area contributed by atoms with Gasteiger partial charge < -0.3 is 9.84 Å². The van der Waals surface area contributed by atoms with E-state index in [1.54, 1.807) is 11.8 Å². The van der Waals surface area contributed by atoms with Crippen molar-refractivity contribution < 1.29 is 19.4 Å². The molecule has 0 radical (unpaired) electrons. The van der Waals surface area contributed by atoms with Crippen molar-refractivity contribution in [2.45, 2.75) is 44.7 Å². The zero-order valence-corrected chi connectivity index (χ0v) is 12.9. The lowest BCUT2D eigenvalue weighted by molar-refractivity contribution is -0.153. The Balaban J connectivity index is 2.08. The maximum absolute atomic E-state index is 12.3. The van der Waals surface area contributed by atoms with Crippen LogP contribution in [0.25, 0.3) is 0 Å². The molecule has 0 saturated carbocycles. The predicted octanol–water partition coefficient (Wildman–Crippen LogP) is 2.10. The fraction of sp³-hybridized carbons (Fsp3) is 0.529. The summed E-state index contributed by atoms with van der Waals surface area (Å²) in [5, 5.41) is 9.34. The van der Waals surface area contributed by atoms with Crippen LogP contribution in [0.2, 0.25) is 0 Å². The van der Waals surface area contributed by atoms with E-state index in [0.717, 1.165) is 18.4 Å². The highest BCUT2D eigenvalue weighted by Gasteiger charge is 2.38. The van der Waals surface area contributed by atoms with E-state index >= 15 is 0 Å². The summed E-state index contributed by atoms with van der Waals surface area (Å²) in [4.78, 5) is 25.4. The van der Waals surface area contributed by atoms with Gasteiger partial charge in [0.2, 0.25) is 0 Å². The number of carbonyl (C=O) groups excluding carboxylic acids is 1. The van der Waals surface area contributed by atoms with Crippen LogP contribution in [0.1, 0.15) is 31.7 Å². The van der Waals surface area contributed by atoms with Crippen molar-refractivity contribution in [3.63, 3.8) is 0 Å². The molecule has 2 rings (SSSR count). The van der Waals surface area contributed by atoms with Gasteiger partial charge in [-0.25, -0.2) is 0 Å². The van der Waals surface area contributed by atoms with Gasteiger partial charge in [-0.3, -0.25) is 14.5 Å². The molecule has 2 atom stereocenters. The van der Waals surface area contributed by atoms with E-state index in [2.05, 4.69) is 0 Å². The van der Waals surface area contributed by atoms with Gasteiger partial charge in [-0.15, -0.1) is 0 Å². The van der Waals surface area contributed by atoms with Gasteiger partial charge in [-0.2, -0.15) is 0 Å². The van der Waals surface area contributed by atoms with Crippen molar-refractivity contribution in [1.29, 1.82) is 0 Å². The van der Waals surface area contributed by atoms with Crippen LogP contribution in [0.5, 0.6) is 0 Å². The van der Waals surface area contributed by atoms with Gasteiger partial charge in [0.15, 0.2) is 0 Å². The minimum atomic E-state index is -0.855. The van der Waals surface area contributed by atoms with Crippen LogP contribution in [-0.4, -0.2) is 47.2 Å². The third kappa shape index (κ3) is 4.07. The predicted molar refractivity (Wildman–Crippen MR) is 82.5 cm³/mol. The van der Waals surface area contributed by atoms with Gasteiger partial charge in [0.05, 0.1) is 6.61 Å². The van der Waals surface area contributed by atoms with E-state index < -0.39 is 18.1 Å². The Bertz CT molecular complexity index is 503. The minimum absolute atomic E-state index is 0.312. The van der Waals surface area contributed by atoms with E-state index in [1.807, 2.05) is 30.3 Å². The van der Waals surface area contributed by atoms with Crippen molar-refractivity contribution in [2.24, 2.45) is 0 Å². The Hall–Kier alpha value is -1.88. The van der Waals surface area contributed by atoms with Crippen LogP contribution < -0.4 is 0 Å². The summed E-state index contributed by atoms with van der Waals surface area (Å²) in [5.74, 6) is -1.17. The lowest BCUT2D eigenvalue weighted by Crippen LogP contribution is -2.48. The van der Waals surface area contributed by atoms with Crippen molar-refractivity contribution in [3.8, 4) is 0 Å². The normalized spacial score (nSPS) is 19.8. The Morgan fingerprint density at radius 2 is 2.09 bits per heavy atom. The number of rotatable bonds is 7. The smallest absolute Gasteiger partial charge is 0.323 e. The molecule has 120 valence electrons. The standard InChI is InChI=1S/C17H23NO4/c1-2-22-17(21)15(11-10-13-7-4-3-5-8-13)18-12-6-9-14(18)16(19)20/h3-5,7-8,14-15H,2,6,9-12H2,1H3,(H,19,20). The Morgan fingerprint density at radius 1 is 1.36 bits per heavy atom. The second kappa shape index (κ2) is 7.94. The molecule has 0 spiro atoms. The molecule has 0 aliphatic carbocycles. The van der Waals surface area contributed by atoms with E-state index in [4.69, 9.17) is 4.74 Å². The molecule has 1 aliphatic heterocycles. The first kappa shape index (κ1) is 16.5. The quantitative estimate of drug-likeness (QED) is 0.781. The maximum Gasteiger partial charge on any atom is 0.323 e. The third-order valence-corrected chi connectivity index (χ3v) is 4.09. The number of nitrogens with zero attached hydrogens (tertiary/aromatic N) is 1. The average Bonchev–Trinajstić information content (AvgIpc) is 2.98. The summed E-state index contributed by atoms with van der Waals surface area (Å²) in [5.41, 5.74) is 1.14. The van der Waals surface area contributed by atoms with Gasteiger partial charge in [-0.05, 0) is 44.7 Å². The van der Waals surface area contributed by atoms with Crippen LogP contribution in [0.15, 0.2) is 30.3 Å². The minimum Gasteiger partial charge on any atom is -0.480 e. The molecular formula is C17H23NO4. The van der Waals surface area contributed by atoms with Crippen LogP contribution >= 0.6 is 0 Å². The number of carboxylic acids is 1. The second-order valence-electron chi connectivity index (χ2n) is 5.53. The molecule has 1 aromatic rings. The lowest BCUT2D eigenvalue weighted by atomic mass is 10.0. The molecule has 1 fully saturated rings. The zero-order valence-electron chi connectivity index (χ0n) is 12.9. The first-order valence-electron chi connectivity index (χ1n) is 7.82. The number of hydrogen-bond donors (Lipinski definition) is 1. The SMILES string of the molecule is CCOC(=O)C(CCc1ccccc1)N1CCCC1C(=O)O. The molecule has 0 aromatic heterocycles. The largest absolute Gasteiger partial charge is 0.480 e. The highest BCUT2D eigenvalue weighted by molar-refractivity contribution is 5.79. The molecule has 5 heteroatoms. The van der Waals surface area contributed by atoms with E-state index in [9.17, 15) is 14.7 Å². The Kier molecular flexibility index (Phi) is 5.95. The molecule has 1 heterocycles. The molecule has 1 aromatic carbocycles. The molecule has 1 aliphatic rings. The van der Waals surface area contributed by atoms with Crippen molar-refractivity contribution in [1.82, 2.24) is 4.90 Å². The zero-order chi connectivity index (χ0) is 15.9. The first-order chi connectivity index (χ1) is 10.6. The van der Waals surface area contributed by atoms with Gasteiger partial charge in [0.25, 0.3) is 0 Å². The summed E-state index contributed by atoms with van der Waals surface area (Å²) in [7, 11) is 0. The monoisotopic (exact) mass is 305 g/mol. The maximum atomic E-state index is 12.3. The number of hydrogen-bond acceptors (Lipinski definition) is 4. The number of esters is 1. The number of aryl methyl sites for hydroxylation is 1. The number of likely N-dealkylation sites (tertiary alicyclic amines) is 1. The second-order valence-corrected chi connectivity index (χ2v) is 5.53. The first-order valence-corrected chi connectivity index (χ1v) is 7.82. The molecule has 1 N–H and O–H groups in total. The van der Waals surface area contributed by atoms with Gasteiger partial charge in [0.1, 0.15) is 12.1 Å². The van der Waals surface area contributed by atoms with Gasteiger partial charge in [-0.1, -0.05) is 30.3 Å². The Labute approximate surface area is 130 Å². The van der Waals surface area contributed by atoms with Crippen LogP contribution in [0.4, 0.5) is 0 Å². The third-order valence-electron chi connectivity index (χ3n) is 4.09. The average molecular weight is 305 g/mol. The number of carbonyl (C=O) groups is 2. The Morgan fingerprint density at radius 3 is 2.73 bits per heavy atom. The molecule has 5 nitrogen and oxygen atoms in total. The molecule has 22 heavy (non-hydrogen) atoms. The topological polar surface area (TPSA) is 66.8 Å². The molecule has 0 bridgehead atoms. The van der Waals surface area contributed by atoms with Crippen LogP contribution in [0.3, 0.4) is 0 Å². The van der Waals surface area contributed by atoms with Gasteiger partial charge in [0, 0.05) is 0 Å². The van der Waals surface area contributed by atoms with Crippen LogP contribution in [-0.2, 0) is 20.7 Å². The number of carboxylic acid groups (broad SMARTS) is 1. The molecule has 1 saturated heterocycles. The summed E-state index contributed by atoms with van der Waals surface area (Å²) in [6, 6.07) is 8.85. The highest BCUT2D eigenvalue weighted by Crippen LogP contribution is 2.24. The van der Waals surface area contributed by atoms with E-state index in [1.165, 1.54) is 0 Å².